The molecule has 1 atom stereocenters. The van der Waals surface area contributed by atoms with E-state index in [-0.39, 0.29) is 12.5 Å². The average molecular weight is 336 g/mol. The van der Waals surface area contributed by atoms with Gasteiger partial charge in [-0.1, -0.05) is 6.92 Å². The van der Waals surface area contributed by atoms with Crippen LogP contribution in [-0.4, -0.2) is 61.8 Å². The first kappa shape index (κ1) is 18.1. The van der Waals surface area contributed by atoms with E-state index in [0.717, 1.165) is 6.42 Å². The maximum atomic E-state index is 12.8. The molecule has 0 aromatic heterocycles. The number of amides is 1. The number of benzene rings is 1. The van der Waals surface area contributed by atoms with Crippen molar-refractivity contribution in [3.63, 3.8) is 0 Å². The maximum Gasteiger partial charge on any atom is 0.317 e. The van der Waals surface area contributed by atoms with Gasteiger partial charge < -0.3 is 19.5 Å². The summed E-state index contributed by atoms with van der Waals surface area (Å²) in [5.41, 5.74) is 0.700. The Balaban J connectivity index is 2.22. The summed E-state index contributed by atoms with van der Waals surface area (Å²) >= 11 is 0. The molecule has 0 aliphatic carbocycles. The molecule has 0 radical (unpaired) electrons. The Bertz CT molecular complexity index is 582. The van der Waals surface area contributed by atoms with Crippen molar-refractivity contribution >= 4 is 17.6 Å². The van der Waals surface area contributed by atoms with E-state index in [1.165, 1.54) is 0 Å². The Morgan fingerprint density at radius 2 is 1.92 bits per heavy atom. The molecule has 132 valence electrons. The second kappa shape index (κ2) is 8.01. The Morgan fingerprint density at radius 3 is 2.42 bits per heavy atom. The smallest absolute Gasteiger partial charge is 0.317 e. The van der Waals surface area contributed by atoms with E-state index in [4.69, 9.17) is 14.6 Å². The fourth-order valence-corrected chi connectivity index (χ4v) is 3.01. The SMILES string of the molecule is CCCN(CC(=O)O)C1CCN(c2cc(OC)cc(OC)c2)C1=O. The van der Waals surface area contributed by atoms with Crippen molar-refractivity contribution in [3.05, 3.63) is 18.2 Å². The summed E-state index contributed by atoms with van der Waals surface area (Å²) in [6, 6.07) is 4.90. The minimum absolute atomic E-state index is 0.0833. The summed E-state index contributed by atoms with van der Waals surface area (Å²) in [4.78, 5) is 27.3. The number of methoxy groups -OCH3 is 2. The summed E-state index contributed by atoms with van der Waals surface area (Å²) in [6.45, 7) is 2.97. The zero-order valence-corrected chi connectivity index (χ0v) is 14.3. The van der Waals surface area contributed by atoms with Crippen LogP contribution in [0.5, 0.6) is 11.5 Å². The number of ether oxygens (including phenoxy) is 2. The van der Waals surface area contributed by atoms with Crippen molar-refractivity contribution in [2.24, 2.45) is 0 Å². The predicted molar refractivity (Wildman–Crippen MR) is 89.8 cm³/mol. The normalized spacial score (nSPS) is 17.4. The lowest BCUT2D eigenvalue weighted by Crippen LogP contribution is -2.44. The molecule has 1 fully saturated rings. The molecule has 1 aromatic carbocycles. The monoisotopic (exact) mass is 336 g/mol. The molecule has 1 saturated heterocycles. The number of carboxylic acids is 1. The fourth-order valence-electron chi connectivity index (χ4n) is 3.01. The van der Waals surface area contributed by atoms with E-state index >= 15 is 0 Å². The number of hydrogen-bond donors (Lipinski definition) is 1. The van der Waals surface area contributed by atoms with Gasteiger partial charge in [-0.25, -0.2) is 0 Å². The molecule has 1 aromatic rings. The van der Waals surface area contributed by atoms with Gasteiger partial charge in [0, 0.05) is 24.7 Å². The molecule has 1 amide bonds. The second-order valence-corrected chi connectivity index (χ2v) is 5.73. The van der Waals surface area contributed by atoms with Crippen LogP contribution in [0.2, 0.25) is 0 Å². The van der Waals surface area contributed by atoms with Gasteiger partial charge in [-0.3, -0.25) is 14.5 Å². The van der Waals surface area contributed by atoms with Crippen molar-refractivity contribution in [2.75, 3.05) is 38.8 Å². The lowest BCUT2D eigenvalue weighted by molar-refractivity contribution is -0.139. The molecule has 0 bridgehead atoms. The number of carboxylic acid groups (broad SMARTS) is 1. The number of hydrogen-bond acceptors (Lipinski definition) is 5. The van der Waals surface area contributed by atoms with Gasteiger partial charge in [-0.2, -0.15) is 0 Å². The topological polar surface area (TPSA) is 79.3 Å². The lowest BCUT2D eigenvalue weighted by atomic mass is 10.2. The minimum Gasteiger partial charge on any atom is -0.497 e. The van der Waals surface area contributed by atoms with Crippen LogP contribution in [0, 0.1) is 0 Å². The zero-order chi connectivity index (χ0) is 17.7. The van der Waals surface area contributed by atoms with E-state index in [1.54, 1.807) is 42.2 Å². The highest BCUT2D eigenvalue weighted by Gasteiger charge is 2.37. The molecule has 0 saturated carbocycles. The first-order chi connectivity index (χ1) is 11.5. The van der Waals surface area contributed by atoms with Crippen molar-refractivity contribution < 1.29 is 24.2 Å². The summed E-state index contributed by atoms with van der Waals surface area (Å²) < 4.78 is 10.5. The van der Waals surface area contributed by atoms with Gasteiger partial charge in [-0.05, 0) is 19.4 Å². The summed E-state index contributed by atoms with van der Waals surface area (Å²) in [5, 5.41) is 9.08. The summed E-state index contributed by atoms with van der Waals surface area (Å²) in [5.74, 6) is 0.214. The van der Waals surface area contributed by atoms with Crippen LogP contribution in [0.4, 0.5) is 5.69 Å². The van der Waals surface area contributed by atoms with E-state index in [9.17, 15) is 9.59 Å². The first-order valence-corrected chi connectivity index (χ1v) is 8.00. The maximum absolute atomic E-state index is 12.8. The molecule has 2 rings (SSSR count). The van der Waals surface area contributed by atoms with Gasteiger partial charge in [0.15, 0.2) is 0 Å². The molecule has 7 nitrogen and oxygen atoms in total. The Labute approximate surface area is 141 Å². The zero-order valence-electron chi connectivity index (χ0n) is 14.3. The van der Waals surface area contributed by atoms with E-state index in [0.29, 0.717) is 36.7 Å². The molecular formula is C17H24N2O5. The van der Waals surface area contributed by atoms with Crippen LogP contribution in [0.25, 0.3) is 0 Å². The van der Waals surface area contributed by atoms with Crippen LogP contribution in [-0.2, 0) is 9.59 Å². The number of nitrogens with zero attached hydrogens (tertiary/aromatic N) is 2. The molecule has 24 heavy (non-hydrogen) atoms. The van der Waals surface area contributed by atoms with Crippen molar-refractivity contribution in [2.45, 2.75) is 25.8 Å². The molecule has 1 unspecified atom stereocenters. The van der Waals surface area contributed by atoms with E-state index < -0.39 is 12.0 Å². The first-order valence-electron chi connectivity index (χ1n) is 8.00. The third-order valence-corrected chi connectivity index (χ3v) is 4.12. The fraction of sp³-hybridized carbons (Fsp3) is 0.529. The van der Waals surface area contributed by atoms with Crippen LogP contribution in [0.15, 0.2) is 18.2 Å². The standard InChI is InChI=1S/C17H24N2O5/c1-4-6-18(11-16(20)21)15-5-7-19(17(15)22)12-8-13(23-2)10-14(9-12)24-3/h8-10,15H,4-7,11H2,1-3H3,(H,20,21). The van der Waals surface area contributed by atoms with Crippen molar-refractivity contribution in [1.29, 1.82) is 0 Å². The number of carbonyl (C=O) groups is 2. The molecular weight excluding hydrogens is 312 g/mol. The van der Waals surface area contributed by atoms with Crippen LogP contribution in [0.3, 0.4) is 0 Å². The van der Waals surface area contributed by atoms with E-state index in [2.05, 4.69) is 0 Å². The minimum atomic E-state index is -0.919. The summed E-state index contributed by atoms with van der Waals surface area (Å²) in [7, 11) is 3.12. The highest BCUT2D eigenvalue weighted by Crippen LogP contribution is 2.32. The predicted octanol–water partition coefficient (Wildman–Crippen LogP) is 1.61. The van der Waals surface area contributed by atoms with Gasteiger partial charge >= 0.3 is 5.97 Å². The number of aliphatic carboxylic acids is 1. The van der Waals surface area contributed by atoms with Crippen molar-refractivity contribution in [3.8, 4) is 11.5 Å². The quantitative estimate of drug-likeness (QED) is 0.777. The molecule has 1 N–H and O–H groups in total. The molecule has 1 aliphatic heterocycles. The van der Waals surface area contributed by atoms with Gasteiger partial charge in [-0.15, -0.1) is 0 Å². The third-order valence-electron chi connectivity index (χ3n) is 4.12. The number of carbonyl (C=O) groups excluding carboxylic acids is 1. The van der Waals surface area contributed by atoms with Crippen molar-refractivity contribution in [1.82, 2.24) is 4.90 Å². The van der Waals surface area contributed by atoms with Gasteiger partial charge in [0.25, 0.3) is 0 Å². The number of anilines is 1. The summed E-state index contributed by atoms with van der Waals surface area (Å²) in [6.07, 6.45) is 1.40. The van der Waals surface area contributed by atoms with Crippen LogP contribution < -0.4 is 14.4 Å². The largest absolute Gasteiger partial charge is 0.497 e. The van der Waals surface area contributed by atoms with Crippen LogP contribution in [0.1, 0.15) is 19.8 Å². The van der Waals surface area contributed by atoms with E-state index in [1.807, 2.05) is 6.92 Å². The molecule has 1 heterocycles. The van der Waals surface area contributed by atoms with Crippen LogP contribution >= 0.6 is 0 Å². The third kappa shape index (κ3) is 3.97. The van der Waals surface area contributed by atoms with Gasteiger partial charge in [0.1, 0.15) is 11.5 Å². The Morgan fingerprint density at radius 1 is 1.29 bits per heavy atom. The Kier molecular flexibility index (Phi) is 6.03. The second-order valence-electron chi connectivity index (χ2n) is 5.73. The average Bonchev–Trinajstić information content (AvgIpc) is 2.95. The molecule has 0 spiro atoms. The highest BCUT2D eigenvalue weighted by atomic mass is 16.5. The number of rotatable bonds is 8. The highest BCUT2D eigenvalue weighted by molar-refractivity contribution is 6.00. The Hall–Kier alpha value is -2.28. The van der Waals surface area contributed by atoms with Gasteiger partial charge in [0.2, 0.25) is 5.91 Å². The van der Waals surface area contributed by atoms with Gasteiger partial charge in [0.05, 0.1) is 32.5 Å². The molecule has 1 aliphatic rings. The lowest BCUT2D eigenvalue weighted by Gasteiger charge is -2.26. The molecule has 7 heteroatoms.